The van der Waals surface area contributed by atoms with Crippen molar-refractivity contribution in [1.82, 2.24) is 15.1 Å². The number of nitrogens with zero attached hydrogens (tertiary/aromatic N) is 2. The van der Waals surface area contributed by atoms with Crippen molar-refractivity contribution in [2.45, 2.75) is 19.0 Å². The molecule has 0 spiro atoms. The maximum Gasteiger partial charge on any atom is 0.234 e. The third-order valence-electron chi connectivity index (χ3n) is 5.61. The summed E-state index contributed by atoms with van der Waals surface area (Å²) in [5.41, 5.74) is 1.07. The average Bonchev–Trinajstić information content (AvgIpc) is 3.29. The molecule has 30 heavy (non-hydrogen) atoms. The summed E-state index contributed by atoms with van der Waals surface area (Å²) in [5, 5.41) is 3.64. The molecule has 1 aromatic heterocycles. The van der Waals surface area contributed by atoms with Crippen LogP contribution in [0, 0.1) is 0 Å². The number of carbonyl (C=O) groups is 1. The Morgan fingerprint density at radius 3 is 2.53 bits per heavy atom. The molecule has 2 fully saturated rings. The lowest BCUT2D eigenvalue weighted by atomic mass is 10.2. The van der Waals surface area contributed by atoms with Gasteiger partial charge in [0.1, 0.15) is 0 Å². The molecule has 2 aliphatic rings. The molecular formula is C21H26ClN3O3S2. The van der Waals surface area contributed by atoms with E-state index in [4.69, 9.17) is 11.6 Å². The van der Waals surface area contributed by atoms with Crippen molar-refractivity contribution in [3.63, 3.8) is 0 Å². The molecule has 1 aromatic carbocycles. The number of carbonyl (C=O) groups excluding carboxylic acids is 1. The monoisotopic (exact) mass is 467 g/mol. The van der Waals surface area contributed by atoms with Gasteiger partial charge in [-0.1, -0.05) is 29.8 Å². The molecule has 1 atom stereocenters. The number of hydrogen-bond acceptors (Lipinski definition) is 6. The first-order valence-corrected chi connectivity index (χ1v) is 13.2. The minimum absolute atomic E-state index is 0.0729. The van der Waals surface area contributed by atoms with Crippen molar-refractivity contribution < 1.29 is 13.2 Å². The van der Waals surface area contributed by atoms with E-state index in [0.717, 1.165) is 43.3 Å². The summed E-state index contributed by atoms with van der Waals surface area (Å²) in [6, 6.07) is 12.0. The number of halogens is 1. The molecule has 9 heteroatoms. The second-order valence-electron chi connectivity index (χ2n) is 7.97. The number of sulfone groups is 1. The highest BCUT2D eigenvalue weighted by Crippen LogP contribution is 2.33. The molecule has 0 saturated carbocycles. The number of piperazine rings is 1. The zero-order valence-electron chi connectivity index (χ0n) is 16.7. The van der Waals surface area contributed by atoms with E-state index >= 15 is 0 Å². The fraction of sp³-hybridized carbons (Fsp3) is 0.476. The molecule has 4 rings (SSSR count). The summed E-state index contributed by atoms with van der Waals surface area (Å²) in [5.74, 6) is 0.175. The van der Waals surface area contributed by atoms with Crippen LogP contribution in [0.15, 0.2) is 36.4 Å². The van der Waals surface area contributed by atoms with Crippen molar-refractivity contribution >= 4 is 38.7 Å². The van der Waals surface area contributed by atoms with Gasteiger partial charge >= 0.3 is 0 Å². The van der Waals surface area contributed by atoms with Gasteiger partial charge in [-0.3, -0.25) is 14.6 Å². The van der Waals surface area contributed by atoms with Crippen molar-refractivity contribution in [1.29, 1.82) is 0 Å². The third-order valence-corrected chi connectivity index (χ3v) is 8.81. The van der Waals surface area contributed by atoms with Gasteiger partial charge in [0.2, 0.25) is 5.91 Å². The predicted octanol–water partition coefficient (Wildman–Crippen LogP) is 2.49. The summed E-state index contributed by atoms with van der Waals surface area (Å²) >= 11 is 8.08. The van der Waals surface area contributed by atoms with Crippen LogP contribution in [0.1, 0.15) is 11.3 Å². The van der Waals surface area contributed by atoms with Gasteiger partial charge in [0.05, 0.1) is 18.1 Å². The van der Waals surface area contributed by atoms with Crippen LogP contribution >= 0.6 is 22.9 Å². The third kappa shape index (κ3) is 5.62. The fourth-order valence-corrected chi connectivity index (χ4v) is 7.04. The van der Waals surface area contributed by atoms with E-state index in [2.05, 4.69) is 27.2 Å². The SMILES string of the molecule is O=C(CN1CCN(Cc2ccc(-c3ccccc3Cl)s2)CC1)N[C@H]1CCS(=O)(=O)C1. The largest absolute Gasteiger partial charge is 0.351 e. The van der Waals surface area contributed by atoms with Crippen molar-refractivity contribution in [2.24, 2.45) is 0 Å². The Hall–Kier alpha value is -1.45. The lowest BCUT2D eigenvalue weighted by Crippen LogP contribution is -2.50. The normalized spacial score (nSPS) is 22.2. The number of amides is 1. The van der Waals surface area contributed by atoms with Gasteiger partial charge in [0.25, 0.3) is 0 Å². The lowest BCUT2D eigenvalue weighted by Gasteiger charge is -2.34. The van der Waals surface area contributed by atoms with Crippen LogP contribution in [0.3, 0.4) is 0 Å². The molecule has 1 N–H and O–H groups in total. The highest BCUT2D eigenvalue weighted by molar-refractivity contribution is 7.91. The quantitative estimate of drug-likeness (QED) is 0.706. The van der Waals surface area contributed by atoms with Crippen LogP contribution in [-0.4, -0.2) is 74.4 Å². The molecule has 0 radical (unpaired) electrons. The van der Waals surface area contributed by atoms with Crippen LogP contribution in [0.25, 0.3) is 10.4 Å². The average molecular weight is 468 g/mol. The second-order valence-corrected chi connectivity index (χ2v) is 11.8. The van der Waals surface area contributed by atoms with Gasteiger partial charge in [-0.2, -0.15) is 0 Å². The molecule has 3 heterocycles. The van der Waals surface area contributed by atoms with Crippen LogP contribution in [0.4, 0.5) is 0 Å². The van der Waals surface area contributed by atoms with E-state index in [1.54, 1.807) is 11.3 Å². The highest BCUT2D eigenvalue weighted by Gasteiger charge is 2.29. The Labute approximate surface area is 186 Å². The Balaban J connectivity index is 1.22. The number of hydrogen-bond donors (Lipinski definition) is 1. The highest BCUT2D eigenvalue weighted by atomic mass is 35.5. The van der Waals surface area contributed by atoms with E-state index < -0.39 is 9.84 Å². The summed E-state index contributed by atoms with van der Waals surface area (Å²) in [7, 11) is -2.97. The van der Waals surface area contributed by atoms with Gasteiger partial charge in [-0.15, -0.1) is 11.3 Å². The van der Waals surface area contributed by atoms with Crippen molar-refractivity contribution in [3.8, 4) is 10.4 Å². The molecule has 0 bridgehead atoms. The van der Waals surface area contributed by atoms with E-state index in [9.17, 15) is 13.2 Å². The first-order chi connectivity index (χ1) is 14.4. The minimum atomic E-state index is -2.97. The fourth-order valence-electron chi connectivity index (χ4n) is 3.98. The molecule has 0 unspecified atom stereocenters. The number of benzene rings is 1. The number of rotatable bonds is 6. The molecule has 6 nitrogen and oxygen atoms in total. The standard InChI is InChI=1S/C21H26ClN3O3S2/c22-19-4-2-1-3-18(19)20-6-5-17(29-20)13-24-8-10-25(11-9-24)14-21(26)23-16-7-12-30(27,28)15-16/h1-6,16H,7-15H2,(H,23,26)/t16-/m0/s1. The summed E-state index contributed by atoms with van der Waals surface area (Å²) in [4.78, 5) is 19.3. The van der Waals surface area contributed by atoms with Gasteiger partial charge < -0.3 is 5.32 Å². The predicted molar refractivity (Wildman–Crippen MR) is 122 cm³/mol. The maximum atomic E-state index is 12.2. The lowest BCUT2D eigenvalue weighted by molar-refractivity contribution is -0.123. The van der Waals surface area contributed by atoms with Crippen molar-refractivity contribution in [2.75, 3.05) is 44.2 Å². The maximum absolute atomic E-state index is 12.2. The van der Waals surface area contributed by atoms with Gasteiger partial charge in [-0.25, -0.2) is 8.42 Å². The molecular weight excluding hydrogens is 442 g/mol. The summed E-state index contributed by atoms with van der Waals surface area (Å²) in [6.07, 6.45) is 0.527. The van der Waals surface area contributed by atoms with Crippen LogP contribution in [0.5, 0.6) is 0 Å². The molecule has 2 saturated heterocycles. The molecule has 2 aromatic rings. The Bertz CT molecular complexity index is 1000. The molecule has 162 valence electrons. The zero-order chi connectivity index (χ0) is 21.1. The Morgan fingerprint density at radius 1 is 1.10 bits per heavy atom. The number of thiophene rings is 1. The van der Waals surface area contributed by atoms with E-state index in [1.807, 2.05) is 24.3 Å². The van der Waals surface area contributed by atoms with Crippen LogP contribution in [-0.2, 0) is 21.2 Å². The second kappa shape index (κ2) is 9.36. The smallest absolute Gasteiger partial charge is 0.234 e. The van der Waals surface area contributed by atoms with Gasteiger partial charge in [0, 0.05) is 59.1 Å². The van der Waals surface area contributed by atoms with Crippen LogP contribution in [0.2, 0.25) is 5.02 Å². The Morgan fingerprint density at radius 2 is 1.83 bits per heavy atom. The van der Waals surface area contributed by atoms with Gasteiger partial charge in [-0.05, 0) is 24.6 Å². The number of nitrogens with one attached hydrogen (secondary N) is 1. The molecule has 1 amide bonds. The summed E-state index contributed by atoms with van der Waals surface area (Å²) < 4.78 is 23.0. The van der Waals surface area contributed by atoms with E-state index in [1.165, 1.54) is 9.75 Å². The summed E-state index contributed by atoms with van der Waals surface area (Å²) in [6.45, 7) is 4.71. The first-order valence-electron chi connectivity index (χ1n) is 10.2. The van der Waals surface area contributed by atoms with Gasteiger partial charge in [0.15, 0.2) is 9.84 Å². The zero-order valence-corrected chi connectivity index (χ0v) is 19.1. The van der Waals surface area contributed by atoms with E-state index in [-0.39, 0.29) is 23.5 Å². The first kappa shape index (κ1) is 21.8. The topological polar surface area (TPSA) is 69.7 Å². The minimum Gasteiger partial charge on any atom is -0.351 e. The van der Waals surface area contributed by atoms with E-state index in [0.29, 0.717) is 13.0 Å². The van der Waals surface area contributed by atoms with Crippen molar-refractivity contribution in [3.05, 3.63) is 46.3 Å². The molecule has 0 aliphatic carbocycles. The van der Waals surface area contributed by atoms with Crippen LogP contribution < -0.4 is 5.32 Å². The Kier molecular flexibility index (Phi) is 6.79. The molecule has 2 aliphatic heterocycles.